The van der Waals surface area contributed by atoms with Crippen LogP contribution in [-0.2, 0) is 5.41 Å². The highest BCUT2D eigenvalue weighted by molar-refractivity contribution is 9.10. The summed E-state index contributed by atoms with van der Waals surface area (Å²) >= 11 is 15.6. The van der Waals surface area contributed by atoms with Gasteiger partial charge in [-0.15, -0.1) is 0 Å². The van der Waals surface area contributed by atoms with Crippen molar-refractivity contribution in [3.63, 3.8) is 0 Å². The van der Waals surface area contributed by atoms with E-state index >= 15 is 0 Å². The molecule has 0 spiro atoms. The number of halogens is 3. The van der Waals surface area contributed by atoms with Crippen LogP contribution in [0.15, 0.2) is 40.9 Å². The lowest BCUT2D eigenvalue weighted by Gasteiger charge is -2.19. The van der Waals surface area contributed by atoms with Gasteiger partial charge in [0, 0.05) is 4.47 Å². The van der Waals surface area contributed by atoms with E-state index in [0.717, 1.165) is 15.6 Å². The van der Waals surface area contributed by atoms with Gasteiger partial charge in [-0.2, -0.15) is 0 Å². The van der Waals surface area contributed by atoms with Crippen molar-refractivity contribution in [1.82, 2.24) is 0 Å². The zero-order valence-electron chi connectivity index (χ0n) is 11.1. The number of rotatable bonds is 1. The molecule has 0 heterocycles. The maximum atomic E-state index is 6.11. The Morgan fingerprint density at radius 1 is 0.895 bits per heavy atom. The van der Waals surface area contributed by atoms with Crippen molar-refractivity contribution in [2.75, 3.05) is 0 Å². The van der Waals surface area contributed by atoms with Gasteiger partial charge in [-0.1, -0.05) is 68.2 Å². The van der Waals surface area contributed by atoms with E-state index < -0.39 is 0 Å². The summed E-state index contributed by atoms with van der Waals surface area (Å²) in [5.74, 6) is 0. The van der Waals surface area contributed by atoms with Gasteiger partial charge in [0.2, 0.25) is 0 Å². The molecule has 0 N–H and O–H groups in total. The smallest absolute Gasteiger partial charge is 0.0734 e. The Kier molecular flexibility index (Phi) is 4.29. The van der Waals surface area contributed by atoms with Gasteiger partial charge >= 0.3 is 0 Å². The molecule has 0 unspecified atom stereocenters. The van der Waals surface area contributed by atoms with Crippen molar-refractivity contribution in [1.29, 1.82) is 0 Å². The van der Waals surface area contributed by atoms with Gasteiger partial charge in [0.05, 0.1) is 10.0 Å². The van der Waals surface area contributed by atoms with Crippen LogP contribution in [0.3, 0.4) is 0 Å². The molecular weight excluding hydrogens is 343 g/mol. The Morgan fingerprint density at radius 3 is 1.95 bits per heavy atom. The van der Waals surface area contributed by atoms with Crippen LogP contribution >= 0.6 is 39.1 Å². The van der Waals surface area contributed by atoms with Crippen LogP contribution in [0.5, 0.6) is 0 Å². The van der Waals surface area contributed by atoms with E-state index in [9.17, 15) is 0 Å². The zero-order valence-corrected chi connectivity index (χ0v) is 14.2. The van der Waals surface area contributed by atoms with Crippen LogP contribution in [0.2, 0.25) is 10.0 Å². The average Bonchev–Trinajstić information content (AvgIpc) is 2.34. The number of hydrogen-bond donors (Lipinski definition) is 0. The van der Waals surface area contributed by atoms with Gasteiger partial charge < -0.3 is 0 Å². The summed E-state index contributed by atoms with van der Waals surface area (Å²) in [7, 11) is 0. The van der Waals surface area contributed by atoms with Gasteiger partial charge in [-0.05, 0) is 50.2 Å². The summed E-state index contributed by atoms with van der Waals surface area (Å²) in [5.41, 5.74) is 3.67. The van der Waals surface area contributed by atoms with Crippen LogP contribution < -0.4 is 0 Å². The summed E-state index contributed by atoms with van der Waals surface area (Å²) in [4.78, 5) is 0. The predicted molar refractivity (Wildman–Crippen MR) is 88.3 cm³/mol. The third-order valence-electron chi connectivity index (χ3n) is 3.07. The second-order valence-corrected chi connectivity index (χ2v) is 7.22. The third-order valence-corrected chi connectivity index (χ3v) is 4.72. The molecule has 0 aliphatic rings. The minimum atomic E-state index is 0.163. The molecule has 0 bridgehead atoms. The van der Waals surface area contributed by atoms with Gasteiger partial charge in [0.25, 0.3) is 0 Å². The molecule has 0 aliphatic carbocycles. The first-order chi connectivity index (χ1) is 8.79. The topological polar surface area (TPSA) is 0 Å². The quantitative estimate of drug-likeness (QED) is 0.497. The SMILES string of the molecule is CC(C)(C)c1ccc(-c2cc(Cl)c(Cl)c(Br)c2)cc1. The first-order valence-corrected chi connectivity index (χ1v) is 7.59. The molecule has 0 saturated carbocycles. The van der Waals surface area contributed by atoms with E-state index in [0.29, 0.717) is 10.0 Å². The fourth-order valence-corrected chi connectivity index (χ4v) is 2.79. The minimum absolute atomic E-state index is 0.163. The van der Waals surface area contributed by atoms with Crippen LogP contribution in [-0.4, -0.2) is 0 Å². The van der Waals surface area contributed by atoms with Gasteiger partial charge in [0.15, 0.2) is 0 Å². The summed E-state index contributed by atoms with van der Waals surface area (Å²) in [5, 5.41) is 1.11. The highest BCUT2D eigenvalue weighted by Crippen LogP contribution is 2.35. The Morgan fingerprint density at radius 2 is 1.47 bits per heavy atom. The molecule has 0 aliphatic heterocycles. The van der Waals surface area contributed by atoms with Crippen molar-refractivity contribution >= 4 is 39.1 Å². The second-order valence-electron chi connectivity index (χ2n) is 5.58. The summed E-state index contributed by atoms with van der Waals surface area (Å²) < 4.78 is 0.816. The normalized spacial score (nSPS) is 11.7. The predicted octanol–water partition coefficient (Wildman–Crippen LogP) is 6.72. The van der Waals surface area contributed by atoms with Gasteiger partial charge in [0.1, 0.15) is 0 Å². The molecule has 2 rings (SSSR count). The summed E-state index contributed by atoms with van der Waals surface area (Å²) in [6.07, 6.45) is 0. The second kappa shape index (κ2) is 5.47. The molecule has 0 atom stereocenters. The van der Waals surface area contributed by atoms with E-state index in [1.807, 2.05) is 12.1 Å². The monoisotopic (exact) mass is 356 g/mol. The maximum absolute atomic E-state index is 6.11. The first kappa shape index (κ1) is 14.9. The molecule has 19 heavy (non-hydrogen) atoms. The fourth-order valence-electron chi connectivity index (χ4n) is 1.88. The lowest BCUT2D eigenvalue weighted by Crippen LogP contribution is -2.10. The van der Waals surface area contributed by atoms with Crippen molar-refractivity contribution in [3.05, 3.63) is 56.5 Å². The van der Waals surface area contributed by atoms with E-state index in [4.69, 9.17) is 23.2 Å². The highest BCUT2D eigenvalue weighted by Gasteiger charge is 2.13. The minimum Gasteiger partial charge on any atom is -0.0826 e. The molecule has 100 valence electrons. The summed E-state index contributed by atoms with van der Waals surface area (Å²) in [6.45, 7) is 6.62. The van der Waals surface area contributed by atoms with Gasteiger partial charge in [-0.25, -0.2) is 0 Å². The van der Waals surface area contributed by atoms with Crippen molar-refractivity contribution in [2.45, 2.75) is 26.2 Å². The first-order valence-electron chi connectivity index (χ1n) is 6.04. The molecule has 0 aromatic heterocycles. The molecule has 0 fully saturated rings. The average molecular weight is 358 g/mol. The number of hydrogen-bond acceptors (Lipinski definition) is 0. The molecule has 3 heteroatoms. The van der Waals surface area contributed by atoms with Gasteiger partial charge in [-0.3, -0.25) is 0 Å². The highest BCUT2D eigenvalue weighted by atomic mass is 79.9. The standard InChI is InChI=1S/C16H15BrCl2/c1-16(2,3)12-6-4-10(5-7-12)11-8-13(17)15(19)14(18)9-11/h4-9H,1-3H3. The van der Waals surface area contributed by atoms with Crippen LogP contribution in [0.25, 0.3) is 11.1 Å². The lowest BCUT2D eigenvalue weighted by atomic mass is 9.86. The molecule has 0 nitrogen and oxygen atoms in total. The molecule has 0 amide bonds. The maximum Gasteiger partial charge on any atom is 0.0734 e. The largest absolute Gasteiger partial charge is 0.0826 e. The van der Waals surface area contributed by atoms with E-state index in [2.05, 4.69) is 61.0 Å². The van der Waals surface area contributed by atoms with Crippen LogP contribution in [0.1, 0.15) is 26.3 Å². The Balaban J connectivity index is 2.43. The lowest BCUT2D eigenvalue weighted by molar-refractivity contribution is 0.590. The fraction of sp³-hybridized carbons (Fsp3) is 0.250. The van der Waals surface area contributed by atoms with Crippen molar-refractivity contribution in [2.24, 2.45) is 0 Å². The molecule has 0 radical (unpaired) electrons. The zero-order chi connectivity index (χ0) is 14.2. The van der Waals surface area contributed by atoms with Crippen LogP contribution in [0, 0.1) is 0 Å². The van der Waals surface area contributed by atoms with E-state index in [1.165, 1.54) is 5.56 Å². The van der Waals surface area contributed by atoms with Crippen LogP contribution in [0.4, 0.5) is 0 Å². The Bertz CT molecular complexity index is 572. The summed E-state index contributed by atoms with van der Waals surface area (Å²) in [6, 6.07) is 12.4. The molecule has 2 aromatic rings. The van der Waals surface area contributed by atoms with Crippen molar-refractivity contribution < 1.29 is 0 Å². The third kappa shape index (κ3) is 3.34. The molecular formula is C16H15BrCl2. The van der Waals surface area contributed by atoms with E-state index in [1.54, 1.807) is 0 Å². The number of benzene rings is 2. The Labute approximate surface area is 132 Å². The molecule has 0 saturated heterocycles. The van der Waals surface area contributed by atoms with Crippen molar-refractivity contribution in [3.8, 4) is 11.1 Å². The van der Waals surface area contributed by atoms with E-state index in [-0.39, 0.29) is 5.41 Å². The molecule has 2 aromatic carbocycles. The Hall–Kier alpha value is -0.500.